The lowest BCUT2D eigenvalue weighted by atomic mass is 9.80. The second kappa shape index (κ2) is 7.37. The zero-order valence-electron chi connectivity index (χ0n) is 16.3. The largest absolute Gasteiger partial charge is 0.435 e. The number of rotatable bonds is 5. The maximum atomic E-state index is 13.1. The Bertz CT molecular complexity index is 774. The number of nitrogens with one attached hydrogen (secondary N) is 1. The summed E-state index contributed by atoms with van der Waals surface area (Å²) in [5.41, 5.74) is -0.999. The third-order valence-corrected chi connectivity index (χ3v) is 4.22. The molecule has 0 aliphatic rings. The average molecular weight is 381 g/mol. The summed E-state index contributed by atoms with van der Waals surface area (Å²) in [6.07, 6.45) is -3.92. The minimum atomic E-state index is -4.60. The fourth-order valence-electron chi connectivity index (χ4n) is 3.44. The number of benzene rings is 1. The Kier molecular flexibility index (Phi) is 5.73. The molecule has 2 rings (SSSR count). The lowest BCUT2D eigenvalue weighted by Gasteiger charge is -2.42. The predicted molar refractivity (Wildman–Crippen MR) is 98.1 cm³/mol. The van der Waals surface area contributed by atoms with Gasteiger partial charge in [0.1, 0.15) is 5.69 Å². The van der Waals surface area contributed by atoms with Crippen molar-refractivity contribution < 1.29 is 18.0 Å². The molecule has 0 bridgehead atoms. The van der Waals surface area contributed by atoms with Gasteiger partial charge in [-0.15, -0.1) is 0 Å². The predicted octanol–water partition coefficient (Wildman–Crippen LogP) is 5.29. The molecular weight excluding hydrogens is 355 g/mol. The number of nitrogens with zero attached hydrogens (tertiary/aromatic N) is 2. The van der Waals surface area contributed by atoms with Gasteiger partial charge in [0, 0.05) is 18.2 Å². The minimum Gasteiger partial charge on any atom is -0.328 e. The van der Waals surface area contributed by atoms with Gasteiger partial charge in [-0.05, 0) is 31.2 Å². The van der Waals surface area contributed by atoms with Crippen LogP contribution in [0.2, 0.25) is 0 Å². The van der Waals surface area contributed by atoms with E-state index in [1.165, 1.54) is 0 Å². The Morgan fingerprint density at radius 3 is 2.15 bits per heavy atom. The van der Waals surface area contributed by atoms with Gasteiger partial charge in [-0.3, -0.25) is 9.89 Å². The van der Waals surface area contributed by atoms with Crippen molar-refractivity contribution in [1.29, 1.82) is 0 Å². The Hall–Kier alpha value is -2.31. The molecule has 0 atom stereocenters. The number of halogens is 3. The third-order valence-electron chi connectivity index (χ3n) is 4.22. The minimum absolute atomic E-state index is 0.0656. The van der Waals surface area contributed by atoms with Crippen LogP contribution in [0.4, 0.5) is 13.2 Å². The number of carbonyl (C=O) groups is 1. The van der Waals surface area contributed by atoms with E-state index in [1.807, 2.05) is 44.2 Å². The topological polar surface area (TPSA) is 49.0 Å². The number of aromatic amines is 1. The van der Waals surface area contributed by atoms with Crippen molar-refractivity contribution in [1.82, 2.24) is 15.1 Å². The van der Waals surface area contributed by atoms with E-state index >= 15 is 0 Å². The van der Waals surface area contributed by atoms with Crippen LogP contribution in [0, 0.1) is 5.41 Å². The summed E-state index contributed by atoms with van der Waals surface area (Å²) in [5, 5.41) is 5.51. The fourth-order valence-corrected chi connectivity index (χ4v) is 3.44. The molecule has 0 spiro atoms. The molecule has 2 aromatic rings. The quantitative estimate of drug-likeness (QED) is 0.765. The van der Waals surface area contributed by atoms with Gasteiger partial charge in [-0.1, -0.05) is 51.1 Å². The molecule has 1 amide bonds. The molecule has 1 heterocycles. The van der Waals surface area contributed by atoms with Crippen LogP contribution in [0.5, 0.6) is 0 Å². The third kappa shape index (κ3) is 5.58. The summed E-state index contributed by atoms with van der Waals surface area (Å²) in [6, 6.07) is 10.2. The second-order valence-corrected chi connectivity index (χ2v) is 8.59. The molecule has 27 heavy (non-hydrogen) atoms. The van der Waals surface area contributed by atoms with Crippen molar-refractivity contribution in [2.75, 3.05) is 0 Å². The summed E-state index contributed by atoms with van der Waals surface area (Å²) < 4.78 is 38.6. The Labute approximate surface area is 157 Å². The van der Waals surface area contributed by atoms with Crippen LogP contribution in [0.3, 0.4) is 0 Å². The number of hydrogen-bond donors (Lipinski definition) is 1. The van der Waals surface area contributed by atoms with Crippen LogP contribution in [-0.2, 0) is 12.7 Å². The molecular formula is C20H26F3N3O. The molecule has 1 aromatic heterocycles. The van der Waals surface area contributed by atoms with Gasteiger partial charge >= 0.3 is 6.18 Å². The van der Waals surface area contributed by atoms with E-state index in [0.717, 1.165) is 11.6 Å². The highest BCUT2D eigenvalue weighted by Crippen LogP contribution is 2.34. The molecule has 0 aliphatic carbocycles. The van der Waals surface area contributed by atoms with E-state index in [1.54, 1.807) is 4.90 Å². The number of H-pyrrole nitrogens is 1. The van der Waals surface area contributed by atoms with E-state index < -0.39 is 23.3 Å². The number of alkyl halides is 3. The highest BCUT2D eigenvalue weighted by molar-refractivity contribution is 5.93. The number of hydrogen-bond acceptors (Lipinski definition) is 2. The summed E-state index contributed by atoms with van der Waals surface area (Å²) in [6.45, 7) is 10.4. The molecule has 148 valence electrons. The summed E-state index contributed by atoms with van der Waals surface area (Å²) in [7, 11) is 0. The molecule has 0 saturated carbocycles. The molecule has 0 fully saturated rings. The first-order chi connectivity index (χ1) is 12.3. The summed E-state index contributed by atoms with van der Waals surface area (Å²) in [4.78, 5) is 14.7. The van der Waals surface area contributed by atoms with Crippen molar-refractivity contribution >= 4 is 5.91 Å². The summed E-state index contributed by atoms with van der Waals surface area (Å²) in [5.74, 6) is -0.504. The van der Waals surface area contributed by atoms with Gasteiger partial charge in [0.15, 0.2) is 5.69 Å². The first-order valence-electron chi connectivity index (χ1n) is 8.78. The zero-order valence-corrected chi connectivity index (χ0v) is 16.3. The van der Waals surface area contributed by atoms with Gasteiger partial charge in [0.2, 0.25) is 0 Å². The standard InChI is InChI=1S/C20H26F3N3O/c1-18(2,3)13-19(4,5)26(12-14-9-7-6-8-10-14)17(27)15-11-16(25-24-15)20(21,22)23/h6-11H,12-13H2,1-5H3,(H,24,25). The van der Waals surface area contributed by atoms with Crippen LogP contribution in [0.15, 0.2) is 36.4 Å². The lowest BCUT2D eigenvalue weighted by molar-refractivity contribution is -0.141. The molecule has 1 aromatic carbocycles. The monoisotopic (exact) mass is 381 g/mol. The molecule has 4 nitrogen and oxygen atoms in total. The van der Waals surface area contributed by atoms with Crippen molar-refractivity contribution in [3.63, 3.8) is 0 Å². The summed E-state index contributed by atoms with van der Waals surface area (Å²) >= 11 is 0. The van der Waals surface area contributed by atoms with Gasteiger partial charge in [0.05, 0.1) is 0 Å². The first-order valence-corrected chi connectivity index (χ1v) is 8.78. The fraction of sp³-hybridized carbons (Fsp3) is 0.500. The van der Waals surface area contributed by atoms with E-state index in [-0.39, 0.29) is 11.1 Å². The van der Waals surface area contributed by atoms with E-state index in [9.17, 15) is 18.0 Å². The Balaban J connectivity index is 2.39. The highest BCUT2D eigenvalue weighted by Gasteiger charge is 2.38. The maximum Gasteiger partial charge on any atom is 0.435 e. The van der Waals surface area contributed by atoms with Gasteiger partial charge in [-0.2, -0.15) is 18.3 Å². The SMILES string of the molecule is CC(C)(C)CC(C)(C)N(Cc1ccccc1)C(=O)c1cc(C(F)(F)F)n[nH]1. The van der Waals surface area contributed by atoms with Crippen LogP contribution in [-0.4, -0.2) is 26.5 Å². The first kappa shape index (κ1) is 21.0. The Morgan fingerprint density at radius 2 is 1.67 bits per heavy atom. The van der Waals surface area contributed by atoms with E-state index in [4.69, 9.17) is 0 Å². The lowest BCUT2D eigenvalue weighted by Crippen LogP contribution is -2.49. The van der Waals surface area contributed by atoms with Crippen molar-refractivity contribution in [2.24, 2.45) is 5.41 Å². The molecule has 0 radical (unpaired) electrons. The molecule has 7 heteroatoms. The smallest absolute Gasteiger partial charge is 0.328 e. The van der Waals surface area contributed by atoms with Crippen LogP contribution in [0.25, 0.3) is 0 Å². The van der Waals surface area contributed by atoms with Crippen molar-refractivity contribution in [2.45, 2.75) is 59.3 Å². The van der Waals surface area contributed by atoms with Crippen molar-refractivity contribution in [3.05, 3.63) is 53.3 Å². The van der Waals surface area contributed by atoms with Gasteiger partial charge in [-0.25, -0.2) is 0 Å². The van der Waals surface area contributed by atoms with Crippen molar-refractivity contribution in [3.8, 4) is 0 Å². The van der Waals surface area contributed by atoms with Crippen LogP contribution < -0.4 is 0 Å². The van der Waals surface area contributed by atoms with Crippen LogP contribution in [0.1, 0.15) is 62.8 Å². The van der Waals surface area contributed by atoms with E-state index in [2.05, 4.69) is 31.0 Å². The number of amides is 1. The average Bonchev–Trinajstić information content (AvgIpc) is 3.00. The molecule has 1 N–H and O–H groups in total. The zero-order chi connectivity index (χ0) is 20.5. The number of carbonyl (C=O) groups excluding carboxylic acids is 1. The molecule has 0 unspecified atom stereocenters. The molecule has 0 saturated heterocycles. The van der Waals surface area contributed by atoms with Gasteiger partial charge < -0.3 is 4.90 Å². The van der Waals surface area contributed by atoms with Gasteiger partial charge in [0.25, 0.3) is 5.91 Å². The highest BCUT2D eigenvalue weighted by atomic mass is 19.4. The maximum absolute atomic E-state index is 13.1. The number of aromatic nitrogens is 2. The molecule has 0 aliphatic heterocycles. The normalized spacial score (nSPS) is 12.9. The van der Waals surface area contributed by atoms with Crippen LogP contribution >= 0.6 is 0 Å². The second-order valence-electron chi connectivity index (χ2n) is 8.59. The Morgan fingerprint density at radius 1 is 1.07 bits per heavy atom. The van der Waals surface area contributed by atoms with E-state index in [0.29, 0.717) is 13.0 Å².